The van der Waals surface area contributed by atoms with Gasteiger partial charge in [-0.1, -0.05) is 13.3 Å². The zero-order valence-electron chi connectivity index (χ0n) is 13.2. The number of aliphatic hydroxyl groups is 1. The maximum atomic E-state index is 9.04. The first kappa shape index (κ1) is 22.2. The second-order valence-electron chi connectivity index (χ2n) is 4.51. The van der Waals surface area contributed by atoms with E-state index in [-0.39, 0.29) is 30.6 Å². The van der Waals surface area contributed by atoms with Gasteiger partial charge in [0.2, 0.25) is 0 Å². The Morgan fingerprint density at radius 3 is 2.50 bits per heavy atom. The number of nitrogens with zero attached hydrogens (tertiary/aromatic N) is 1. The Morgan fingerprint density at radius 2 is 1.95 bits per heavy atom. The van der Waals surface area contributed by atoms with Crippen LogP contribution in [-0.2, 0) is 4.74 Å². The summed E-state index contributed by atoms with van der Waals surface area (Å²) in [5, 5.41) is 15.5. The smallest absolute Gasteiger partial charge is 0.191 e. The minimum absolute atomic E-state index is 0. The summed E-state index contributed by atoms with van der Waals surface area (Å²) in [6, 6.07) is 0. The fraction of sp³-hybridized carbons (Fsp3) is 0.929. The van der Waals surface area contributed by atoms with E-state index in [0.717, 1.165) is 51.5 Å². The van der Waals surface area contributed by atoms with Crippen molar-refractivity contribution in [3.63, 3.8) is 0 Å². The summed E-state index contributed by atoms with van der Waals surface area (Å²) >= 11 is 0. The molecule has 0 saturated heterocycles. The molecule has 1 unspecified atom stereocenters. The molecule has 0 amide bonds. The third-order valence-electron chi connectivity index (χ3n) is 2.83. The number of nitrogens with one attached hydrogen (secondary N) is 2. The topological polar surface area (TPSA) is 65.9 Å². The number of guanidine groups is 1. The molecule has 122 valence electrons. The molecule has 0 aliphatic carbocycles. The molecule has 6 heteroatoms. The van der Waals surface area contributed by atoms with E-state index in [2.05, 4.69) is 29.5 Å². The van der Waals surface area contributed by atoms with Crippen molar-refractivity contribution in [2.75, 3.05) is 39.5 Å². The van der Waals surface area contributed by atoms with Gasteiger partial charge in [-0.2, -0.15) is 0 Å². The molecular formula is C14H32IN3O2. The number of aliphatic hydroxyl groups excluding tert-OH is 1. The maximum Gasteiger partial charge on any atom is 0.191 e. The summed E-state index contributed by atoms with van der Waals surface area (Å²) in [5.41, 5.74) is 0. The lowest BCUT2D eigenvalue weighted by Gasteiger charge is -2.15. The van der Waals surface area contributed by atoms with Crippen LogP contribution in [0.5, 0.6) is 0 Å². The number of aliphatic imine (C=N–C) groups is 1. The minimum atomic E-state index is 0. The lowest BCUT2D eigenvalue weighted by molar-refractivity contribution is 0.152. The molecule has 0 fully saturated rings. The van der Waals surface area contributed by atoms with Gasteiger partial charge >= 0.3 is 0 Å². The number of hydrogen-bond acceptors (Lipinski definition) is 3. The molecular weight excluding hydrogens is 369 g/mol. The highest BCUT2D eigenvalue weighted by atomic mass is 127. The molecule has 1 atom stereocenters. The normalized spacial score (nSPS) is 12.7. The molecule has 0 spiro atoms. The molecule has 0 aromatic rings. The van der Waals surface area contributed by atoms with E-state index in [4.69, 9.17) is 9.84 Å². The Morgan fingerprint density at radius 1 is 1.20 bits per heavy atom. The van der Waals surface area contributed by atoms with E-state index in [9.17, 15) is 0 Å². The molecule has 20 heavy (non-hydrogen) atoms. The van der Waals surface area contributed by atoms with Crippen molar-refractivity contribution in [1.82, 2.24) is 10.6 Å². The van der Waals surface area contributed by atoms with Crippen LogP contribution in [0.2, 0.25) is 0 Å². The van der Waals surface area contributed by atoms with Gasteiger partial charge in [-0.3, -0.25) is 4.99 Å². The van der Waals surface area contributed by atoms with Crippen LogP contribution in [0.4, 0.5) is 0 Å². The highest BCUT2D eigenvalue weighted by Crippen LogP contribution is 2.10. The fourth-order valence-corrected chi connectivity index (χ4v) is 1.87. The van der Waals surface area contributed by atoms with E-state index in [1.165, 1.54) is 0 Å². The van der Waals surface area contributed by atoms with E-state index in [1.54, 1.807) is 0 Å². The van der Waals surface area contributed by atoms with Gasteiger partial charge in [0.1, 0.15) is 0 Å². The number of hydrogen-bond donors (Lipinski definition) is 3. The van der Waals surface area contributed by atoms with Gasteiger partial charge in [0.15, 0.2) is 5.96 Å². The van der Waals surface area contributed by atoms with Crippen molar-refractivity contribution in [3.8, 4) is 0 Å². The molecule has 0 radical (unpaired) electrons. The first-order valence-corrected chi connectivity index (χ1v) is 7.49. The van der Waals surface area contributed by atoms with Gasteiger partial charge in [-0.05, 0) is 32.6 Å². The Labute approximate surface area is 141 Å². The Balaban J connectivity index is 0. The SMILES string of the molecule is CCCC(CCO)CN=C(NCC)NCCOCC.I. The average Bonchev–Trinajstić information content (AvgIpc) is 2.41. The number of halogens is 1. The predicted octanol–water partition coefficient (Wildman–Crippen LogP) is 1.99. The Hall–Kier alpha value is -0.0800. The van der Waals surface area contributed by atoms with Crippen LogP contribution < -0.4 is 10.6 Å². The van der Waals surface area contributed by atoms with Crippen molar-refractivity contribution in [1.29, 1.82) is 0 Å². The van der Waals surface area contributed by atoms with Gasteiger partial charge in [0, 0.05) is 32.8 Å². The van der Waals surface area contributed by atoms with Crippen molar-refractivity contribution in [2.45, 2.75) is 40.0 Å². The third-order valence-corrected chi connectivity index (χ3v) is 2.83. The zero-order valence-corrected chi connectivity index (χ0v) is 15.5. The number of rotatable bonds is 11. The molecule has 3 N–H and O–H groups in total. The summed E-state index contributed by atoms with van der Waals surface area (Å²) in [6.45, 7) is 10.3. The molecule has 0 rings (SSSR count). The Kier molecular flexibility index (Phi) is 18.8. The second-order valence-corrected chi connectivity index (χ2v) is 4.51. The van der Waals surface area contributed by atoms with Gasteiger partial charge in [0.05, 0.1) is 6.61 Å². The van der Waals surface area contributed by atoms with Crippen LogP contribution in [0.3, 0.4) is 0 Å². The summed E-state index contributed by atoms with van der Waals surface area (Å²) in [7, 11) is 0. The van der Waals surface area contributed by atoms with Crippen LogP contribution in [0.25, 0.3) is 0 Å². The van der Waals surface area contributed by atoms with E-state index < -0.39 is 0 Å². The van der Waals surface area contributed by atoms with Gasteiger partial charge in [-0.25, -0.2) is 0 Å². The van der Waals surface area contributed by atoms with Crippen LogP contribution in [0.1, 0.15) is 40.0 Å². The monoisotopic (exact) mass is 401 g/mol. The molecule has 0 heterocycles. The molecule has 0 aromatic carbocycles. The highest BCUT2D eigenvalue weighted by molar-refractivity contribution is 14.0. The number of ether oxygens (including phenoxy) is 1. The van der Waals surface area contributed by atoms with Gasteiger partial charge in [0.25, 0.3) is 0 Å². The summed E-state index contributed by atoms with van der Waals surface area (Å²) in [6.07, 6.45) is 3.08. The largest absolute Gasteiger partial charge is 0.396 e. The first-order chi connectivity index (χ1) is 9.28. The summed E-state index contributed by atoms with van der Waals surface area (Å²) < 4.78 is 5.29. The summed E-state index contributed by atoms with van der Waals surface area (Å²) in [5.74, 6) is 1.30. The lowest BCUT2D eigenvalue weighted by Crippen LogP contribution is -2.39. The lowest BCUT2D eigenvalue weighted by atomic mass is 10.0. The zero-order chi connectivity index (χ0) is 14.3. The van der Waals surface area contributed by atoms with Crippen molar-refractivity contribution in [3.05, 3.63) is 0 Å². The van der Waals surface area contributed by atoms with Crippen LogP contribution in [0.15, 0.2) is 4.99 Å². The van der Waals surface area contributed by atoms with Crippen molar-refractivity contribution in [2.24, 2.45) is 10.9 Å². The van der Waals surface area contributed by atoms with E-state index in [0.29, 0.717) is 12.5 Å². The van der Waals surface area contributed by atoms with Crippen LogP contribution in [-0.4, -0.2) is 50.5 Å². The molecule has 0 saturated carbocycles. The standard InChI is InChI=1S/C14H31N3O2.HI/c1-4-7-13(8-10-18)12-17-14(15-5-2)16-9-11-19-6-3;/h13,18H,4-12H2,1-3H3,(H2,15,16,17);1H. The molecule has 5 nitrogen and oxygen atoms in total. The van der Waals surface area contributed by atoms with Crippen LogP contribution in [0, 0.1) is 5.92 Å². The first-order valence-electron chi connectivity index (χ1n) is 7.49. The maximum absolute atomic E-state index is 9.04. The highest BCUT2D eigenvalue weighted by Gasteiger charge is 2.07. The average molecular weight is 401 g/mol. The third kappa shape index (κ3) is 12.9. The minimum Gasteiger partial charge on any atom is -0.396 e. The quantitative estimate of drug-likeness (QED) is 0.215. The molecule has 0 aliphatic heterocycles. The molecule has 0 aromatic heterocycles. The molecule has 0 aliphatic rings. The van der Waals surface area contributed by atoms with Crippen LogP contribution >= 0.6 is 24.0 Å². The van der Waals surface area contributed by atoms with Gasteiger partial charge < -0.3 is 20.5 Å². The molecule has 0 bridgehead atoms. The Bertz CT molecular complexity index is 222. The summed E-state index contributed by atoms with van der Waals surface area (Å²) in [4.78, 5) is 4.58. The predicted molar refractivity (Wildman–Crippen MR) is 96.0 cm³/mol. The van der Waals surface area contributed by atoms with Crippen molar-refractivity contribution < 1.29 is 9.84 Å². The van der Waals surface area contributed by atoms with Crippen molar-refractivity contribution >= 4 is 29.9 Å². The van der Waals surface area contributed by atoms with E-state index >= 15 is 0 Å². The van der Waals surface area contributed by atoms with E-state index in [1.807, 2.05) is 6.92 Å². The fourth-order valence-electron chi connectivity index (χ4n) is 1.87. The second kappa shape index (κ2) is 17.0. The van der Waals surface area contributed by atoms with Gasteiger partial charge in [-0.15, -0.1) is 24.0 Å².